The number of fused-ring (bicyclic) bond motifs is 6. The van der Waals surface area contributed by atoms with Crippen LogP contribution >= 0.6 is 0 Å². The smallest absolute Gasteiger partial charge is 0.160 e. The van der Waals surface area contributed by atoms with Gasteiger partial charge in [-0.1, -0.05) is 222 Å². The van der Waals surface area contributed by atoms with Crippen molar-refractivity contribution in [3.8, 4) is 101 Å². The van der Waals surface area contributed by atoms with Gasteiger partial charge in [-0.05, 0) is 113 Å². The van der Waals surface area contributed by atoms with Crippen molar-refractivity contribution in [2.24, 2.45) is 0 Å². The fraction of sp³-hybridized carbons (Fsp3) is 0.0938. The Morgan fingerprint density at radius 1 is 0.258 bits per heavy atom. The van der Waals surface area contributed by atoms with Crippen LogP contribution in [0.5, 0.6) is 0 Å². The molecule has 0 bridgehead atoms. The lowest BCUT2D eigenvalue weighted by Crippen LogP contribution is -2.16. The average Bonchev–Trinajstić information content (AvgIpc) is 3.76. The van der Waals surface area contributed by atoms with Gasteiger partial charge in [0.15, 0.2) is 5.82 Å². The lowest BCUT2D eigenvalue weighted by Gasteiger charge is -2.24. The summed E-state index contributed by atoms with van der Waals surface area (Å²) in [6, 6.07) is 79.3. The summed E-state index contributed by atoms with van der Waals surface area (Å²) in [7, 11) is 0. The molecule has 0 unspecified atom stereocenters. The first-order valence-electron chi connectivity index (χ1n) is 23.1. The molecule has 0 amide bonds. The van der Waals surface area contributed by atoms with E-state index in [2.05, 4.69) is 246 Å². The molecule has 0 saturated heterocycles. The number of nitrogens with zero attached hydrogens (tertiary/aromatic N) is 2. The predicted octanol–water partition coefficient (Wildman–Crippen LogP) is 16.8. The summed E-state index contributed by atoms with van der Waals surface area (Å²) in [6.45, 7) is 9.42. The normalized spacial score (nSPS) is 13.7. The molecular weight excluding hydrogens is 797 g/mol. The zero-order chi connectivity index (χ0) is 44.6. The predicted molar refractivity (Wildman–Crippen MR) is 275 cm³/mol. The molecule has 0 N–H and O–H groups in total. The number of hydrogen-bond donors (Lipinski definition) is 0. The molecule has 10 aromatic rings. The van der Waals surface area contributed by atoms with E-state index >= 15 is 0 Å². The highest BCUT2D eigenvalue weighted by Gasteiger charge is 2.38. The fourth-order valence-corrected chi connectivity index (χ4v) is 11.0. The molecule has 0 spiro atoms. The molecule has 1 heterocycles. The number of aromatic nitrogens is 2. The van der Waals surface area contributed by atoms with Crippen LogP contribution in [0.3, 0.4) is 0 Å². The number of rotatable bonds is 7. The van der Waals surface area contributed by atoms with Gasteiger partial charge in [0.1, 0.15) is 0 Å². The molecule has 9 aromatic carbocycles. The molecular formula is C64H48N2. The largest absolute Gasteiger partial charge is 0.228 e. The summed E-state index contributed by atoms with van der Waals surface area (Å²) < 4.78 is 0. The van der Waals surface area contributed by atoms with Crippen LogP contribution in [0.2, 0.25) is 0 Å². The zero-order valence-electron chi connectivity index (χ0n) is 37.7. The minimum absolute atomic E-state index is 0.109. The van der Waals surface area contributed by atoms with Gasteiger partial charge in [-0.2, -0.15) is 0 Å². The van der Waals surface area contributed by atoms with Crippen molar-refractivity contribution in [3.05, 3.63) is 241 Å². The highest BCUT2D eigenvalue weighted by molar-refractivity contribution is 5.90. The molecule has 2 nitrogen and oxygen atoms in total. The highest BCUT2D eigenvalue weighted by atomic mass is 14.9. The fourth-order valence-electron chi connectivity index (χ4n) is 11.0. The van der Waals surface area contributed by atoms with Crippen LogP contribution in [0.25, 0.3) is 101 Å². The van der Waals surface area contributed by atoms with Gasteiger partial charge in [0.2, 0.25) is 0 Å². The second kappa shape index (κ2) is 15.4. The van der Waals surface area contributed by atoms with Crippen molar-refractivity contribution in [3.63, 3.8) is 0 Å². The minimum Gasteiger partial charge on any atom is -0.228 e. The van der Waals surface area contributed by atoms with E-state index in [9.17, 15) is 0 Å². The molecule has 1 aromatic heterocycles. The quantitative estimate of drug-likeness (QED) is 0.160. The topological polar surface area (TPSA) is 25.8 Å². The third-order valence-electron chi connectivity index (χ3n) is 14.3. The molecule has 0 atom stereocenters. The maximum absolute atomic E-state index is 5.41. The molecule has 0 fully saturated rings. The van der Waals surface area contributed by atoms with Gasteiger partial charge < -0.3 is 0 Å². The SMILES string of the molecule is CC1(C)c2ccccc2-c2cccc(-c3ccc(-c4cc(-c5ccc(-c6cccc7c6C(C)(C)c6ccccc6-7)cc5)nc(-c5cc(-c6ccccc6)cc(-c6ccccc6)c5)n4)cc3)c21. The van der Waals surface area contributed by atoms with Crippen LogP contribution in [-0.2, 0) is 10.8 Å². The van der Waals surface area contributed by atoms with Gasteiger partial charge in [-0.25, -0.2) is 9.97 Å². The van der Waals surface area contributed by atoms with Gasteiger partial charge in [-0.3, -0.25) is 0 Å². The first-order valence-corrected chi connectivity index (χ1v) is 23.1. The zero-order valence-corrected chi connectivity index (χ0v) is 37.7. The summed E-state index contributed by atoms with van der Waals surface area (Å²) in [6.07, 6.45) is 0. The Morgan fingerprint density at radius 2 is 0.606 bits per heavy atom. The van der Waals surface area contributed by atoms with Crippen molar-refractivity contribution in [1.29, 1.82) is 0 Å². The number of hydrogen-bond acceptors (Lipinski definition) is 2. The van der Waals surface area contributed by atoms with Crippen molar-refractivity contribution in [2.75, 3.05) is 0 Å². The monoisotopic (exact) mass is 844 g/mol. The first kappa shape index (κ1) is 39.6. The van der Waals surface area contributed by atoms with Crippen LogP contribution in [0.1, 0.15) is 49.9 Å². The molecule has 0 aliphatic heterocycles. The van der Waals surface area contributed by atoms with E-state index < -0.39 is 0 Å². The Balaban J connectivity index is 0.986. The molecule has 314 valence electrons. The van der Waals surface area contributed by atoms with Crippen LogP contribution in [0, 0.1) is 0 Å². The Hall–Kier alpha value is -7.94. The van der Waals surface area contributed by atoms with Crippen molar-refractivity contribution in [1.82, 2.24) is 9.97 Å². The van der Waals surface area contributed by atoms with E-state index in [4.69, 9.17) is 9.97 Å². The summed E-state index contributed by atoms with van der Waals surface area (Å²) in [5.74, 6) is 0.686. The van der Waals surface area contributed by atoms with E-state index in [0.29, 0.717) is 5.82 Å². The van der Waals surface area contributed by atoms with E-state index in [1.54, 1.807) is 0 Å². The lowest BCUT2D eigenvalue weighted by molar-refractivity contribution is 0.662. The van der Waals surface area contributed by atoms with E-state index in [0.717, 1.165) is 50.3 Å². The second-order valence-corrected chi connectivity index (χ2v) is 18.9. The standard InChI is InChI=1S/C64H48N2/c1-63(2)56-27-13-11-21-52(56)54-25-15-23-50(60(54)63)43-29-33-45(34-30-43)58-40-59(46-35-31-44(32-36-46)51-24-16-26-55-53-22-12-14-28-57(53)64(3,4)61(51)55)66-62(65-58)49-38-47(41-17-7-5-8-18-41)37-48(39-49)42-19-9-6-10-20-42/h5-40H,1-4H3. The minimum atomic E-state index is -0.109. The molecule has 12 rings (SSSR count). The summed E-state index contributed by atoms with van der Waals surface area (Å²) >= 11 is 0. The van der Waals surface area contributed by atoms with E-state index in [1.807, 2.05) is 0 Å². The van der Waals surface area contributed by atoms with Gasteiger partial charge in [0.25, 0.3) is 0 Å². The maximum Gasteiger partial charge on any atom is 0.160 e. The van der Waals surface area contributed by atoms with Crippen LogP contribution in [0.15, 0.2) is 218 Å². The molecule has 2 heteroatoms. The Labute approximate surface area is 388 Å². The Kier molecular flexibility index (Phi) is 9.22. The van der Waals surface area contributed by atoms with Crippen molar-refractivity contribution in [2.45, 2.75) is 38.5 Å². The van der Waals surface area contributed by atoms with Gasteiger partial charge in [0, 0.05) is 27.5 Å². The molecule has 2 aliphatic carbocycles. The second-order valence-electron chi connectivity index (χ2n) is 18.9. The van der Waals surface area contributed by atoms with Crippen LogP contribution in [0.4, 0.5) is 0 Å². The third-order valence-corrected chi connectivity index (χ3v) is 14.3. The molecule has 0 radical (unpaired) electrons. The van der Waals surface area contributed by atoms with Crippen molar-refractivity contribution < 1.29 is 0 Å². The van der Waals surface area contributed by atoms with Crippen LogP contribution in [-0.4, -0.2) is 9.97 Å². The third kappa shape index (κ3) is 6.47. The Morgan fingerprint density at radius 3 is 1.05 bits per heavy atom. The van der Waals surface area contributed by atoms with Gasteiger partial charge in [-0.15, -0.1) is 0 Å². The molecule has 0 saturated carbocycles. The Bertz CT molecular complexity index is 3260. The lowest BCUT2D eigenvalue weighted by atomic mass is 9.79. The van der Waals surface area contributed by atoms with Crippen molar-refractivity contribution >= 4 is 0 Å². The molecule has 2 aliphatic rings. The van der Waals surface area contributed by atoms with Crippen LogP contribution < -0.4 is 0 Å². The summed E-state index contributed by atoms with van der Waals surface area (Å²) in [4.78, 5) is 10.8. The van der Waals surface area contributed by atoms with E-state index in [1.165, 1.54) is 66.8 Å². The average molecular weight is 845 g/mol. The maximum atomic E-state index is 5.41. The molecule has 66 heavy (non-hydrogen) atoms. The highest BCUT2D eigenvalue weighted by Crippen LogP contribution is 2.53. The van der Waals surface area contributed by atoms with Gasteiger partial charge >= 0.3 is 0 Å². The summed E-state index contributed by atoms with van der Waals surface area (Å²) in [5, 5.41) is 0. The summed E-state index contributed by atoms with van der Waals surface area (Å²) in [5.41, 5.74) is 24.9. The van der Waals surface area contributed by atoms with Gasteiger partial charge in [0.05, 0.1) is 11.4 Å². The first-order chi connectivity index (χ1) is 32.2. The number of benzene rings is 9. The van der Waals surface area contributed by atoms with E-state index in [-0.39, 0.29) is 10.8 Å².